The lowest BCUT2D eigenvalue weighted by atomic mass is 9.73. The van der Waals surface area contributed by atoms with Gasteiger partial charge in [0.1, 0.15) is 5.82 Å². The molecule has 0 aromatic heterocycles. The van der Waals surface area contributed by atoms with Crippen LogP contribution in [-0.2, 0) is 23.9 Å². The highest BCUT2D eigenvalue weighted by Crippen LogP contribution is 2.52. The van der Waals surface area contributed by atoms with E-state index in [1.807, 2.05) is 0 Å². The van der Waals surface area contributed by atoms with Crippen molar-refractivity contribution in [2.45, 2.75) is 49.5 Å². The third-order valence-electron chi connectivity index (χ3n) is 7.99. The lowest BCUT2D eigenvalue weighted by Gasteiger charge is -2.34. The van der Waals surface area contributed by atoms with Crippen molar-refractivity contribution in [3.63, 3.8) is 0 Å². The Balaban J connectivity index is 1.57. The summed E-state index contributed by atoms with van der Waals surface area (Å²) in [5.74, 6) is -1.97. The zero-order chi connectivity index (χ0) is 27.5. The number of carbonyl (C=O) groups excluding carboxylic acids is 1. The number of alkyl halides is 4. The van der Waals surface area contributed by atoms with E-state index in [0.717, 1.165) is 17.2 Å². The van der Waals surface area contributed by atoms with Crippen molar-refractivity contribution in [2.75, 3.05) is 6.54 Å². The SMILES string of the molecule is CC(F)(c1ccc2c(c1)CC1N(C(=O)c3cccc(C(=O)O)c3)CCC21Cc1ccc(F)cc1)C(F)(F)F. The van der Waals surface area contributed by atoms with Crippen LogP contribution in [0.3, 0.4) is 0 Å². The Hall–Kier alpha value is -3.75. The summed E-state index contributed by atoms with van der Waals surface area (Å²) in [6.07, 6.45) is -4.01. The van der Waals surface area contributed by atoms with Crippen LogP contribution in [0.15, 0.2) is 66.7 Å². The van der Waals surface area contributed by atoms with Crippen molar-refractivity contribution in [3.8, 4) is 0 Å². The van der Waals surface area contributed by atoms with Gasteiger partial charge in [0.25, 0.3) is 5.91 Å². The first-order valence-electron chi connectivity index (χ1n) is 12.1. The van der Waals surface area contributed by atoms with Crippen molar-refractivity contribution in [1.82, 2.24) is 4.90 Å². The van der Waals surface area contributed by atoms with E-state index in [0.29, 0.717) is 31.9 Å². The van der Waals surface area contributed by atoms with Gasteiger partial charge in [-0.2, -0.15) is 13.2 Å². The summed E-state index contributed by atoms with van der Waals surface area (Å²) in [6.45, 7) is 0.830. The molecule has 0 radical (unpaired) electrons. The van der Waals surface area contributed by atoms with Gasteiger partial charge in [-0.05, 0) is 78.8 Å². The Labute approximate surface area is 215 Å². The van der Waals surface area contributed by atoms with Gasteiger partial charge in [-0.3, -0.25) is 4.79 Å². The van der Waals surface area contributed by atoms with Crippen molar-refractivity contribution in [3.05, 3.63) is 106 Å². The van der Waals surface area contributed by atoms with Gasteiger partial charge >= 0.3 is 12.1 Å². The van der Waals surface area contributed by atoms with Crippen LogP contribution in [-0.4, -0.2) is 40.6 Å². The summed E-state index contributed by atoms with van der Waals surface area (Å²) in [7, 11) is 0. The molecule has 198 valence electrons. The highest BCUT2D eigenvalue weighted by atomic mass is 19.4. The van der Waals surface area contributed by atoms with Crippen molar-refractivity contribution in [1.29, 1.82) is 0 Å². The first-order valence-corrected chi connectivity index (χ1v) is 12.1. The van der Waals surface area contributed by atoms with Gasteiger partial charge in [0.05, 0.1) is 5.56 Å². The molecular formula is C29H24F5NO3. The molecule has 0 saturated carbocycles. The van der Waals surface area contributed by atoms with Gasteiger partial charge in [-0.1, -0.05) is 36.4 Å². The van der Waals surface area contributed by atoms with E-state index in [1.54, 1.807) is 17.0 Å². The number of rotatable bonds is 5. The van der Waals surface area contributed by atoms with Gasteiger partial charge < -0.3 is 10.0 Å². The fraction of sp³-hybridized carbons (Fsp3) is 0.310. The fourth-order valence-corrected chi connectivity index (χ4v) is 5.93. The second-order valence-corrected chi connectivity index (χ2v) is 10.2. The lowest BCUT2D eigenvalue weighted by Crippen LogP contribution is -2.44. The van der Waals surface area contributed by atoms with Crippen molar-refractivity contribution in [2.24, 2.45) is 0 Å². The normalized spacial score (nSPS) is 22.1. The van der Waals surface area contributed by atoms with Crippen LogP contribution in [0, 0.1) is 5.82 Å². The Morgan fingerprint density at radius 2 is 1.68 bits per heavy atom. The second kappa shape index (κ2) is 8.92. The lowest BCUT2D eigenvalue weighted by molar-refractivity contribution is -0.228. The number of halogens is 5. The van der Waals surface area contributed by atoms with Crippen LogP contribution in [0.25, 0.3) is 0 Å². The Morgan fingerprint density at radius 3 is 2.34 bits per heavy atom. The predicted molar refractivity (Wildman–Crippen MR) is 129 cm³/mol. The molecule has 1 saturated heterocycles. The molecule has 3 aromatic rings. The number of aromatic carboxylic acids is 1. The van der Waals surface area contributed by atoms with E-state index in [4.69, 9.17) is 0 Å². The summed E-state index contributed by atoms with van der Waals surface area (Å²) in [6, 6.07) is 15.1. The average molecular weight is 530 g/mol. The maximum absolute atomic E-state index is 14.8. The molecular weight excluding hydrogens is 505 g/mol. The number of carboxylic acid groups (broad SMARTS) is 1. The first-order chi connectivity index (χ1) is 17.8. The van der Waals surface area contributed by atoms with E-state index >= 15 is 0 Å². The Kier molecular flexibility index (Phi) is 6.08. The summed E-state index contributed by atoms with van der Waals surface area (Å²) in [5.41, 5.74) is -2.53. The largest absolute Gasteiger partial charge is 0.478 e. The molecule has 5 rings (SSSR count). The number of fused-ring (bicyclic) bond motifs is 3. The van der Waals surface area contributed by atoms with Gasteiger partial charge in [-0.25, -0.2) is 13.6 Å². The number of carboxylic acids is 1. The zero-order valence-corrected chi connectivity index (χ0v) is 20.4. The van der Waals surface area contributed by atoms with Crippen LogP contribution in [0.4, 0.5) is 22.0 Å². The molecule has 1 fully saturated rings. The summed E-state index contributed by atoms with van der Waals surface area (Å²) in [5, 5.41) is 9.34. The van der Waals surface area contributed by atoms with Crippen molar-refractivity contribution < 1.29 is 36.6 Å². The number of benzene rings is 3. The van der Waals surface area contributed by atoms with Crippen LogP contribution in [0.1, 0.15) is 56.3 Å². The maximum Gasteiger partial charge on any atom is 0.426 e. The standard InChI is InChI=1S/C29H24F5NO3/c1-27(31,29(32,33)34)21-7-10-23-20(14-21)15-24-28(23,16-17-5-8-22(30)9-6-17)11-12-35(24)25(36)18-3-2-4-19(13-18)26(37)38/h2-10,13-14,24H,11-12,15-16H2,1H3,(H,37,38). The number of likely N-dealkylation sites (tertiary alicyclic amines) is 1. The zero-order valence-electron chi connectivity index (χ0n) is 20.4. The summed E-state index contributed by atoms with van der Waals surface area (Å²) in [4.78, 5) is 26.6. The predicted octanol–water partition coefficient (Wildman–Crippen LogP) is 6.22. The second-order valence-electron chi connectivity index (χ2n) is 10.2. The Morgan fingerprint density at radius 1 is 1.00 bits per heavy atom. The van der Waals surface area contributed by atoms with Gasteiger partial charge in [0.2, 0.25) is 5.67 Å². The molecule has 3 atom stereocenters. The first kappa shape index (κ1) is 25.9. The summed E-state index contributed by atoms with van der Waals surface area (Å²) >= 11 is 0. The quantitative estimate of drug-likeness (QED) is 0.399. The van der Waals surface area contributed by atoms with Gasteiger partial charge in [0, 0.05) is 23.6 Å². The van der Waals surface area contributed by atoms with E-state index < -0.39 is 46.6 Å². The number of hydrogen-bond acceptors (Lipinski definition) is 2. The van der Waals surface area contributed by atoms with Crippen LogP contribution in [0.5, 0.6) is 0 Å². The molecule has 1 amide bonds. The average Bonchev–Trinajstić information content (AvgIpc) is 3.37. The number of carbonyl (C=O) groups is 2. The minimum Gasteiger partial charge on any atom is -0.478 e. The van der Waals surface area contributed by atoms with E-state index in [1.165, 1.54) is 48.5 Å². The molecule has 1 N–H and O–H groups in total. The Bertz CT molecular complexity index is 1420. The minimum atomic E-state index is -5.10. The van der Waals surface area contributed by atoms with E-state index in [9.17, 15) is 36.6 Å². The smallest absolute Gasteiger partial charge is 0.426 e. The molecule has 1 aliphatic carbocycles. The molecule has 0 spiro atoms. The summed E-state index contributed by atoms with van der Waals surface area (Å²) < 4.78 is 68.7. The number of hydrogen-bond donors (Lipinski definition) is 1. The molecule has 4 nitrogen and oxygen atoms in total. The number of nitrogens with zero attached hydrogens (tertiary/aromatic N) is 1. The van der Waals surface area contributed by atoms with Crippen LogP contribution < -0.4 is 0 Å². The molecule has 3 unspecified atom stereocenters. The van der Waals surface area contributed by atoms with E-state index in [2.05, 4.69) is 0 Å². The molecule has 3 aromatic carbocycles. The van der Waals surface area contributed by atoms with Gasteiger partial charge in [0.15, 0.2) is 0 Å². The van der Waals surface area contributed by atoms with Crippen molar-refractivity contribution >= 4 is 11.9 Å². The molecule has 1 heterocycles. The van der Waals surface area contributed by atoms with Crippen LogP contribution in [0.2, 0.25) is 0 Å². The third kappa shape index (κ3) is 4.14. The number of amides is 1. The maximum atomic E-state index is 14.8. The topological polar surface area (TPSA) is 57.6 Å². The fourth-order valence-electron chi connectivity index (χ4n) is 5.93. The molecule has 1 aliphatic heterocycles. The van der Waals surface area contributed by atoms with Gasteiger partial charge in [-0.15, -0.1) is 0 Å². The molecule has 2 aliphatic rings. The third-order valence-corrected chi connectivity index (χ3v) is 7.99. The molecule has 0 bridgehead atoms. The highest BCUT2D eigenvalue weighted by molar-refractivity contribution is 5.98. The van der Waals surface area contributed by atoms with Crippen LogP contribution >= 0.6 is 0 Å². The highest BCUT2D eigenvalue weighted by Gasteiger charge is 2.57. The molecule has 38 heavy (non-hydrogen) atoms. The minimum absolute atomic E-state index is 0.0404. The molecule has 9 heteroatoms. The van der Waals surface area contributed by atoms with E-state index in [-0.39, 0.29) is 17.5 Å². The monoisotopic (exact) mass is 529 g/mol.